The first-order valence-corrected chi connectivity index (χ1v) is 5.92. The van der Waals surface area contributed by atoms with E-state index in [-0.39, 0.29) is 11.5 Å². The minimum atomic E-state index is -0.518. The maximum atomic E-state index is 10.1. The van der Waals surface area contributed by atoms with Gasteiger partial charge in [0, 0.05) is 6.04 Å². The van der Waals surface area contributed by atoms with Crippen LogP contribution in [0.4, 0.5) is 0 Å². The van der Waals surface area contributed by atoms with Crippen molar-refractivity contribution in [3.8, 4) is 5.75 Å². The fraction of sp³-hybridized carbons (Fsp3) is 0.571. The van der Waals surface area contributed by atoms with Gasteiger partial charge < -0.3 is 15.6 Å². The van der Waals surface area contributed by atoms with Crippen LogP contribution in [-0.2, 0) is 0 Å². The summed E-state index contributed by atoms with van der Waals surface area (Å²) >= 11 is 0. The van der Waals surface area contributed by atoms with Crippen LogP contribution in [0.5, 0.6) is 5.75 Å². The van der Waals surface area contributed by atoms with E-state index in [1.165, 1.54) is 0 Å². The first kappa shape index (κ1) is 14.0. The van der Waals surface area contributed by atoms with E-state index >= 15 is 0 Å². The molecule has 0 saturated heterocycles. The Morgan fingerprint density at radius 2 is 1.76 bits per heavy atom. The number of hydrogen-bond donors (Lipinski definition) is 2. The van der Waals surface area contributed by atoms with Gasteiger partial charge in [0.2, 0.25) is 0 Å². The number of aliphatic hydroxyl groups excluding tert-OH is 1. The van der Waals surface area contributed by atoms with Crippen LogP contribution in [0.2, 0.25) is 0 Å². The second-order valence-corrected chi connectivity index (χ2v) is 5.50. The van der Waals surface area contributed by atoms with Gasteiger partial charge in [-0.15, -0.1) is 0 Å². The van der Waals surface area contributed by atoms with Gasteiger partial charge in [0.15, 0.2) is 0 Å². The molecule has 0 spiro atoms. The Kier molecular flexibility index (Phi) is 4.54. The van der Waals surface area contributed by atoms with Crippen molar-refractivity contribution in [3.05, 3.63) is 29.8 Å². The van der Waals surface area contributed by atoms with E-state index in [1.54, 1.807) is 7.11 Å². The predicted octanol–water partition coefficient (Wildman–Crippen LogP) is 2.49. The van der Waals surface area contributed by atoms with Crippen molar-refractivity contribution in [3.63, 3.8) is 0 Å². The van der Waals surface area contributed by atoms with E-state index < -0.39 is 6.10 Å². The van der Waals surface area contributed by atoms with Gasteiger partial charge in [0.1, 0.15) is 5.75 Å². The molecule has 0 heterocycles. The summed E-state index contributed by atoms with van der Waals surface area (Å²) in [4.78, 5) is 0. The normalized spacial score (nSPS) is 15.4. The van der Waals surface area contributed by atoms with E-state index in [0.717, 1.165) is 11.3 Å². The van der Waals surface area contributed by atoms with Crippen molar-refractivity contribution in [2.45, 2.75) is 39.3 Å². The maximum Gasteiger partial charge on any atom is 0.118 e. The van der Waals surface area contributed by atoms with Crippen molar-refractivity contribution in [1.29, 1.82) is 0 Å². The molecule has 0 aliphatic heterocycles. The van der Waals surface area contributed by atoms with Crippen molar-refractivity contribution in [2.24, 2.45) is 11.1 Å². The lowest BCUT2D eigenvalue weighted by molar-refractivity contribution is 0.133. The van der Waals surface area contributed by atoms with Gasteiger partial charge in [0.25, 0.3) is 0 Å². The van der Waals surface area contributed by atoms with Crippen LogP contribution in [0.25, 0.3) is 0 Å². The Labute approximate surface area is 104 Å². The monoisotopic (exact) mass is 237 g/mol. The third-order valence-electron chi connectivity index (χ3n) is 3.09. The second-order valence-electron chi connectivity index (χ2n) is 5.50. The van der Waals surface area contributed by atoms with Gasteiger partial charge in [-0.1, -0.05) is 32.9 Å². The second kappa shape index (κ2) is 5.52. The van der Waals surface area contributed by atoms with Crippen molar-refractivity contribution >= 4 is 0 Å². The van der Waals surface area contributed by atoms with Crippen LogP contribution >= 0.6 is 0 Å². The highest BCUT2D eigenvalue weighted by Gasteiger charge is 2.23. The summed E-state index contributed by atoms with van der Waals surface area (Å²) in [6, 6.07) is 7.42. The minimum Gasteiger partial charge on any atom is -0.497 e. The highest BCUT2D eigenvalue weighted by atomic mass is 16.5. The van der Waals surface area contributed by atoms with Crippen LogP contribution in [0.15, 0.2) is 24.3 Å². The van der Waals surface area contributed by atoms with E-state index in [4.69, 9.17) is 10.5 Å². The molecule has 0 radical (unpaired) electrons. The van der Waals surface area contributed by atoms with Crippen molar-refractivity contribution < 1.29 is 9.84 Å². The first-order valence-electron chi connectivity index (χ1n) is 5.92. The third kappa shape index (κ3) is 4.02. The first-order chi connectivity index (χ1) is 7.84. The van der Waals surface area contributed by atoms with Gasteiger partial charge in [-0.3, -0.25) is 0 Å². The largest absolute Gasteiger partial charge is 0.497 e. The molecule has 1 aromatic rings. The number of aliphatic hydroxyl groups is 1. The van der Waals surface area contributed by atoms with Crippen LogP contribution in [-0.4, -0.2) is 18.3 Å². The maximum absolute atomic E-state index is 10.1. The summed E-state index contributed by atoms with van der Waals surface area (Å²) in [6.45, 7) is 6.25. The summed E-state index contributed by atoms with van der Waals surface area (Å²) < 4.78 is 5.08. The van der Waals surface area contributed by atoms with E-state index in [1.807, 2.05) is 24.3 Å². The van der Waals surface area contributed by atoms with Gasteiger partial charge in [-0.2, -0.15) is 0 Å². The van der Waals surface area contributed by atoms with Gasteiger partial charge in [0.05, 0.1) is 13.2 Å². The van der Waals surface area contributed by atoms with Gasteiger partial charge in [-0.05, 0) is 29.5 Å². The van der Waals surface area contributed by atoms with Crippen molar-refractivity contribution in [2.75, 3.05) is 7.11 Å². The fourth-order valence-corrected chi connectivity index (χ4v) is 1.56. The standard InChI is InChI=1S/C14H23NO2/c1-14(2,3)13(15)9-12(16)10-5-7-11(17-4)8-6-10/h5-8,12-13,16H,9,15H2,1-4H3/t12-,13+/m0/s1. The highest BCUT2D eigenvalue weighted by Crippen LogP contribution is 2.27. The summed E-state index contributed by atoms with van der Waals surface area (Å²) in [6.07, 6.45) is 0.0469. The average Bonchev–Trinajstić information content (AvgIpc) is 2.27. The quantitative estimate of drug-likeness (QED) is 0.846. The minimum absolute atomic E-state index is 0.00739. The average molecular weight is 237 g/mol. The molecule has 0 fully saturated rings. The molecule has 3 heteroatoms. The number of hydrogen-bond acceptors (Lipinski definition) is 3. The summed E-state index contributed by atoms with van der Waals surface area (Å²) in [7, 11) is 1.63. The van der Waals surface area contributed by atoms with Gasteiger partial charge in [-0.25, -0.2) is 0 Å². The lowest BCUT2D eigenvalue weighted by Gasteiger charge is -2.29. The lowest BCUT2D eigenvalue weighted by atomic mass is 9.83. The highest BCUT2D eigenvalue weighted by molar-refractivity contribution is 5.28. The van der Waals surface area contributed by atoms with Crippen LogP contribution < -0.4 is 10.5 Å². The molecule has 96 valence electrons. The van der Waals surface area contributed by atoms with E-state index in [9.17, 15) is 5.11 Å². The smallest absolute Gasteiger partial charge is 0.118 e. The zero-order chi connectivity index (χ0) is 13.1. The molecule has 0 aliphatic rings. The lowest BCUT2D eigenvalue weighted by Crippen LogP contribution is -2.36. The molecule has 1 aromatic carbocycles. The molecule has 0 aliphatic carbocycles. The zero-order valence-electron chi connectivity index (χ0n) is 11.1. The van der Waals surface area contributed by atoms with Crippen LogP contribution in [0, 0.1) is 5.41 Å². The number of rotatable bonds is 4. The number of nitrogens with two attached hydrogens (primary N) is 1. The molecule has 0 amide bonds. The number of ether oxygens (including phenoxy) is 1. The Balaban J connectivity index is 2.66. The molecule has 0 aromatic heterocycles. The molecule has 0 unspecified atom stereocenters. The molecule has 17 heavy (non-hydrogen) atoms. The summed E-state index contributed by atoms with van der Waals surface area (Å²) in [5.41, 5.74) is 6.95. The third-order valence-corrected chi connectivity index (χ3v) is 3.09. The van der Waals surface area contributed by atoms with Crippen molar-refractivity contribution in [1.82, 2.24) is 0 Å². The Morgan fingerprint density at radius 1 is 1.24 bits per heavy atom. The fourth-order valence-electron chi connectivity index (χ4n) is 1.56. The number of methoxy groups -OCH3 is 1. The van der Waals surface area contributed by atoms with E-state index in [0.29, 0.717) is 6.42 Å². The van der Waals surface area contributed by atoms with Crippen LogP contribution in [0.3, 0.4) is 0 Å². The summed E-state index contributed by atoms with van der Waals surface area (Å²) in [5.74, 6) is 0.793. The topological polar surface area (TPSA) is 55.5 Å². The molecule has 3 N–H and O–H groups in total. The molecular weight excluding hydrogens is 214 g/mol. The Bertz CT molecular complexity index is 340. The van der Waals surface area contributed by atoms with E-state index in [2.05, 4.69) is 20.8 Å². The molecule has 2 atom stereocenters. The number of benzene rings is 1. The molecule has 0 saturated carbocycles. The van der Waals surface area contributed by atoms with Gasteiger partial charge >= 0.3 is 0 Å². The molecule has 0 bridgehead atoms. The summed E-state index contributed by atoms with van der Waals surface area (Å²) in [5, 5.41) is 10.1. The Hall–Kier alpha value is -1.06. The predicted molar refractivity (Wildman–Crippen MR) is 70.0 cm³/mol. The molecule has 1 rings (SSSR count). The molecular formula is C14H23NO2. The SMILES string of the molecule is COc1ccc([C@@H](O)C[C@@H](N)C(C)(C)C)cc1. The van der Waals surface area contributed by atoms with Crippen LogP contribution in [0.1, 0.15) is 38.9 Å². The zero-order valence-corrected chi connectivity index (χ0v) is 11.1. The Morgan fingerprint density at radius 3 is 2.18 bits per heavy atom. The molecule has 3 nitrogen and oxygen atoms in total.